The fourth-order valence-electron chi connectivity index (χ4n) is 2.52. The summed E-state index contributed by atoms with van der Waals surface area (Å²) in [6.07, 6.45) is 0. The number of carbonyl (C=O) groups is 1. The molecule has 0 fully saturated rings. The number of amides is 1. The molecule has 3 aromatic rings. The Bertz CT molecular complexity index is 954. The number of ether oxygens (including phenoxy) is 1. The Hall–Kier alpha value is -2.50. The average molecular weight is 391 g/mol. The predicted octanol–water partition coefficient (Wildman–Crippen LogP) is 5.61. The monoisotopic (exact) mass is 390 g/mol. The van der Waals surface area contributed by atoms with Crippen LogP contribution in [0, 0.1) is 6.92 Å². The fraction of sp³-hybridized carbons (Fsp3) is 0.158. The Kier molecular flexibility index (Phi) is 5.49. The maximum absolute atomic E-state index is 12.8. The van der Waals surface area contributed by atoms with Gasteiger partial charge in [0.15, 0.2) is 0 Å². The number of halogens is 2. The first kappa shape index (κ1) is 18.3. The summed E-state index contributed by atoms with van der Waals surface area (Å²) in [5.41, 5.74) is 1.88. The number of aromatic nitrogens is 1. The van der Waals surface area contributed by atoms with Crippen molar-refractivity contribution in [2.45, 2.75) is 13.8 Å². The van der Waals surface area contributed by atoms with Gasteiger partial charge in [0, 0.05) is 11.3 Å². The second-order valence-corrected chi connectivity index (χ2v) is 6.29. The van der Waals surface area contributed by atoms with Crippen LogP contribution in [0.5, 0.6) is 5.75 Å². The van der Waals surface area contributed by atoms with E-state index in [2.05, 4.69) is 10.5 Å². The summed E-state index contributed by atoms with van der Waals surface area (Å²) in [6.45, 7) is 4.05. The molecular formula is C19H16Cl2N2O3. The van der Waals surface area contributed by atoms with Gasteiger partial charge in [-0.15, -0.1) is 0 Å². The molecular weight excluding hydrogens is 375 g/mol. The van der Waals surface area contributed by atoms with Gasteiger partial charge in [-0.3, -0.25) is 4.79 Å². The normalized spacial score (nSPS) is 10.6. The standard InChI is InChI=1S/C19H16Cl2N2O3/c1-3-25-16-9-8-12(10-15(16)21)22-19(24)17-11(2)26-23-18(17)13-6-4-5-7-14(13)20/h4-10H,3H2,1-2H3,(H,22,24). The highest BCUT2D eigenvalue weighted by atomic mass is 35.5. The van der Waals surface area contributed by atoms with E-state index in [1.54, 1.807) is 43.3 Å². The summed E-state index contributed by atoms with van der Waals surface area (Å²) in [5, 5.41) is 7.70. The van der Waals surface area contributed by atoms with Gasteiger partial charge in [0.05, 0.1) is 16.7 Å². The molecule has 2 aromatic carbocycles. The zero-order valence-electron chi connectivity index (χ0n) is 14.2. The van der Waals surface area contributed by atoms with E-state index in [9.17, 15) is 4.79 Å². The number of nitrogens with zero attached hydrogens (tertiary/aromatic N) is 1. The van der Waals surface area contributed by atoms with E-state index in [0.29, 0.717) is 50.7 Å². The molecule has 0 saturated heterocycles. The lowest BCUT2D eigenvalue weighted by Crippen LogP contribution is -2.13. The van der Waals surface area contributed by atoms with E-state index in [-0.39, 0.29) is 5.91 Å². The van der Waals surface area contributed by atoms with Gasteiger partial charge in [-0.05, 0) is 38.1 Å². The Morgan fingerprint density at radius 1 is 1.19 bits per heavy atom. The summed E-state index contributed by atoms with van der Waals surface area (Å²) in [6, 6.07) is 12.2. The topological polar surface area (TPSA) is 64.4 Å². The van der Waals surface area contributed by atoms with Gasteiger partial charge in [0.25, 0.3) is 5.91 Å². The molecule has 1 N–H and O–H groups in total. The Morgan fingerprint density at radius 3 is 2.65 bits per heavy atom. The van der Waals surface area contributed by atoms with Crippen molar-refractivity contribution in [3.63, 3.8) is 0 Å². The quantitative estimate of drug-likeness (QED) is 0.614. The lowest BCUT2D eigenvalue weighted by molar-refractivity contribution is 0.102. The summed E-state index contributed by atoms with van der Waals surface area (Å²) in [5.74, 6) is 0.596. The number of rotatable bonds is 5. The first-order chi connectivity index (χ1) is 12.5. The van der Waals surface area contributed by atoms with E-state index >= 15 is 0 Å². The molecule has 26 heavy (non-hydrogen) atoms. The van der Waals surface area contributed by atoms with Crippen molar-refractivity contribution in [3.05, 3.63) is 63.8 Å². The number of hydrogen-bond donors (Lipinski definition) is 1. The van der Waals surface area contributed by atoms with E-state index in [1.165, 1.54) is 0 Å². The molecule has 0 aliphatic carbocycles. The van der Waals surface area contributed by atoms with Gasteiger partial charge in [0.1, 0.15) is 22.8 Å². The molecule has 1 aromatic heterocycles. The molecule has 0 aliphatic heterocycles. The molecule has 0 unspecified atom stereocenters. The third-order valence-corrected chi connectivity index (χ3v) is 4.33. The minimum Gasteiger partial charge on any atom is -0.492 e. The molecule has 0 aliphatic rings. The largest absolute Gasteiger partial charge is 0.492 e. The number of hydrogen-bond acceptors (Lipinski definition) is 4. The number of anilines is 1. The van der Waals surface area contributed by atoms with E-state index in [4.69, 9.17) is 32.5 Å². The number of carbonyl (C=O) groups excluding carboxylic acids is 1. The second kappa shape index (κ2) is 7.81. The van der Waals surface area contributed by atoms with Gasteiger partial charge in [-0.1, -0.05) is 46.6 Å². The summed E-state index contributed by atoms with van der Waals surface area (Å²) >= 11 is 12.4. The lowest BCUT2D eigenvalue weighted by Gasteiger charge is -2.09. The van der Waals surface area contributed by atoms with Gasteiger partial charge in [-0.2, -0.15) is 0 Å². The summed E-state index contributed by atoms with van der Waals surface area (Å²) in [7, 11) is 0. The molecule has 0 saturated carbocycles. The van der Waals surface area contributed by atoms with Crippen molar-refractivity contribution in [2.24, 2.45) is 0 Å². The maximum Gasteiger partial charge on any atom is 0.261 e. The minimum atomic E-state index is -0.362. The fourth-order valence-corrected chi connectivity index (χ4v) is 2.98. The Balaban J connectivity index is 1.91. The van der Waals surface area contributed by atoms with Crippen LogP contribution in [-0.2, 0) is 0 Å². The van der Waals surface area contributed by atoms with Crippen LogP contribution in [0.2, 0.25) is 10.0 Å². The van der Waals surface area contributed by atoms with Crippen molar-refractivity contribution in [3.8, 4) is 17.0 Å². The third kappa shape index (κ3) is 3.69. The minimum absolute atomic E-state index is 0.322. The van der Waals surface area contributed by atoms with Crippen molar-refractivity contribution < 1.29 is 14.1 Å². The molecule has 0 bridgehead atoms. The van der Waals surface area contributed by atoms with Gasteiger partial charge >= 0.3 is 0 Å². The third-order valence-electron chi connectivity index (χ3n) is 3.71. The van der Waals surface area contributed by atoms with Gasteiger partial charge in [-0.25, -0.2) is 0 Å². The second-order valence-electron chi connectivity index (χ2n) is 5.47. The van der Waals surface area contributed by atoms with Gasteiger partial charge in [0.2, 0.25) is 0 Å². The number of benzene rings is 2. The smallest absolute Gasteiger partial charge is 0.261 e. The Morgan fingerprint density at radius 2 is 1.96 bits per heavy atom. The average Bonchev–Trinajstić information content (AvgIpc) is 2.99. The number of nitrogens with one attached hydrogen (secondary N) is 1. The Labute approximate surface area is 160 Å². The zero-order chi connectivity index (χ0) is 18.7. The number of aryl methyl sites for hydroxylation is 1. The highest BCUT2D eigenvalue weighted by Crippen LogP contribution is 2.32. The highest BCUT2D eigenvalue weighted by Gasteiger charge is 2.23. The van der Waals surface area contributed by atoms with Crippen molar-refractivity contribution in [1.82, 2.24) is 5.16 Å². The molecule has 5 nitrogen and oxygen atoms in total. The van der Waals surface area contributed by atoms with E-state index in [1.807, 2.05) is 13.0 Å². The van der Waals surface area contributed by atoms with Crippen molar-refractivity contribution in [1.29, 1.82) is 0 Å². The predicted molar refractivity (Wildman–Crippen MR) is 102 cm³/mol. The molecule has 3 rings (SSSR count). The van der Waals surface area contributed by atoms with E-state index < -0.39 is 0 Å². The van der Waals surface area contributed by atoms with Crippen LogP contribution in [0.3, 0.4) is 0 Å². The van der Waals surface area contributed by atoms with Gasteiger partial charge < -0.3 is 14.6 Å². The van der Waals surface area contributed by atoms with Crippen LogP contribution in [0.15, 0.2) is 47.0 Å². The molecule has 0 spiro atoms. The molecule has 0 atom stereocenters. The lowest BCUT2D eigenvalue weighted by atomic mass is 10.1. The SMILES string of the molecule is CCOc1ccc(NC(=O)c2c(-c3ccccc3Cl)noc2C)cc1Cl. The van der Waals surface area contributed by atoms with Crippen LogP contribution >= 0.6 is 23.2 Å². The van der Waals surface area contributed by atoms with E-state index in [0.717, 1.165) is 0 Å². The van der Waals surface area contributed by atoms with Crippen LogP contribution in [0.4, 0.5) is 5.69 Å². The van der Waals surface area contributed by atoms with Crippen molar-refractivity contribution >= 4 is 34.8 Å². The maximum atomic E-state index is 12.8. The van der Waals surface area contributed by atoms with Crippen LogP contribution < -0.4 is 10.1 Å². The summed E-state index contributed by atoms with van der Waals surface area (Å²) in [4.78, 5) is 12.8. The van der Waals surface area contributed by atoms with Crippen LogP contribution in [0.25, 0.3) is 11.3 Å². The first-order valence-electron chi connectivity index (χ1n) is 7.96. The highest BCUT2D eigenvalue weighted by molar-refractivity contribution is 6.33. The first-order valence-corrected chi connectivity index (χ1v) is 8.71. The summed E-state index contributed by atoms with van der Waals surface area (Å²) < 4.78 is 10.6. The molecule has 7 heteroatoms. The molecule has 0 radical (unpaired) electrons. The van der Waals surface area contributed by atoms with Crippen LogP contribution in [-0.4, -0.2) is 17.7 Å². The van der Waals surface area contributed by atoms with Crippen molar-refractivity contribution in [2.75, 3.05) is 11.9 Å². The molecule has 134 valence electrons. The molecule has 1 heterocycles. The zero-order valence-corrected chi connectivity index (χ0v) is 15.7. The molecule has 1 amide bonds. The van der Waals surface area contributed by atoms with Crippen LogP contribution in [0.1, 0.15) is 23.0 Å².